The summed E-state index contributed by atoms with van der Waals surface area (Å²) >= 11 is 0. The molecular formula is C18H24N2O3. The van der Waals surface area contributed by atoms with Crippen LogP contribution in [-0.2, 0) is 11.2 Å². The topological polar surface area (TPSA) is 60.9 Å². The molecule has 1 aromatic carbocycles. The van der Waals surface area contributed by atoms with E-state index in [0.717, 1.165) is 31.6 Å². The zero-order valence-corrected chi connectivity index (χ0v) is 13.6. The number of hydrogen-bond acceptors (Lipinski definition) is 3. The Labute approximate surface area is 136 Å². The van der Waals surface area contributed by atoms with Crippen molar-refractivity contribution in [3.8, 4) is 0 Å². The second-order valence-corrected chi connectivity index (χ2v) is 6.61. The van der Waals surface area contributed by atoms with E-state index < -0.39 is 5.97 Å². The Morgan fingerprint density at radius 1 is 1.22 bits per heavy atom. The van der Waals surface area contributed by atoms with Gasteiger partial charge in [-0.2, -0.15) is 0 Å². The van der Waals surface area contributed by atoms with Gasteiger partial charge >= 0.3 is 5.97 Å². The summed E-state index contributed by atoms with van der Waals surface area (Å²) in [4.78, 5) is 28.1. The molecule has 0 aliphatic carbocycles. The van der Waals surface area contributed by atoms with Crippen molar-refractivity contribution < 1.29 is 14.7 Å². The van der Waals surface area contributed by atoms with Crippen LogP contribution < -0.4 is 0 Å². The van der Waals surface area contributed by atoms with Crippen molar-refractivity contribution >= 4 is 11.9 Å². The molecule has 1 N–H and O–H groups in total. The average molecular weight is 316 g/mol. The standard InChI is InChI=1S/C18H24N2O3/c1-13-16(19-8-2-3-9-19)7-10-20(13)17(21)12-14-5-4-6-15(11-14)18(22)23/h4-6,11,13,16H,2-3,7-10,12H2,1H3,(H,22,23). The minimum atomic E-state index is -0.956. The number of benzene rings is 1. The number of carbonyl (C=O) groups excluding carboxylic acids is 1. The van der Waals surface area contributed by atoms with Gasteiger partial charge < -0.3 is 10.0 Å². The Morgan fingerprint density at radius 2 is 1.96 bits per heavy atom. The van der Waals surface area contributed by atoms with E-state index in [4.69, 9.17) is 5.11 Å². The first-order chi connectivity index (χ1) is 11.1. The largest absolute Gasteiger partial charge is 0.478 e. The van der Waals surface area contributed by atoms with Crippen LogP contribution in [0.15, 0.2) is 24.3 Å². The number of nitrogens with zero attached hydrogens (tertiary/aromatic N) is 2. The van der Waals surface area contributed by atoms with Crippen LogP contribution in [0.25, 0.3) is 0 Å². The van der Waals surface area contributed by atoms with Crippen LogP contribution in [0.2, 0.25) is 0 Å². The zero-order chi connectivity index (χ0) is 16.4. The van der Waals surface area contributed by atoms with Crippen LogP contribution in [-0.4, -0.2) is 58.5 Å². The highest BCUT2D eigenvalue weighted by molar-refractivity contribution is 5.88. The molecule has 2 heterocycles. The lowest BCUT2D eigenvalue weighted by molar-refractivity contribution is -0.131. The van der Waals surface area contributed by atoms with Gasteiger partial charge in [-0.05, 0) is 57.0 Å². The maximum absolute atomic E-state index is 12.6. The molecule has 2 fully saturated rings. The number of amides is 1. The summed E-state index contributed by atoms with van der Waals surface area (Å²) < 4.78 is 0. The Morgan fingerprint density at radius 3 is 2.65 bits per heavy atom. The molecule has 0 bridgehead atoms. The summed E-state index contributed by atoms with van der Waals surface area (Å²) in [6.07, 6.45) is 3.85. The zero-order valence-electron chi connectivity index (χ0n) is 13.6. The molecule has 0 radical (unpaired) electrons. The molecule has 1 amide bonds. The molecule has 1 aromatic rings. The molecule has 2 aliphatic heterocycles. The minimum Gasteiger partial charge on any atom is -0.478 e. The third-order valence-corrected chi connectivity index (χ3v) is 5.17. The number of carboxylic acids is 1. The van der Waals surface area contributed by atoms with Gasteiger partial charge in [-0.25, -0.2) is 4.79 Å². The van der Waals surface area contributed by atoms with E-state index in [1.807, 2.05) is 11.0 Å². The Kier molecular flexibility index (Phi) is 4.66. The first-order valence-corrected chi connectivity index (χ1v) is 8.42. The normalized spacial score (nSPS) is 25.0. The lowest BCUT2D eigenvalue weighted by Gasteiger charge is -2.30. The van der Waals surface area contributed by atoms with E-state index in [-0.39, 0.29) is 23.9 Å². The van der Waals surface area contributed by atoms with E-state index in [0.29, 0.717) is 6.04 Å². The van der Waals surface area contributed by atoms with Gasteiger partial charge in [0.1, 0.15) is 0 Å². The Bertz CT molecular complexity index is 596. The molecule has 23 heavy (non-hydrogen) atoms. The van der Waals surface area contributed by atoms with Gasteiger partial charge in [0.05, 0.1) is 12.0 Å². The van der Waals surface area contributed by atoms with E-state index in [9.17, 15) is 9.59 Å². The first-order valence-electron chi connectivity index (χ1n) is 8.42. The molecule has 0 spiro atoms. The van der Waals surface area contributed by atoms with E-state index in [2.05, 4.69) is 11.8 Å². The summed E-state index contributed by atoms with van der Waals surface area (Å²) in [5.74, 6) is -0.857. The van der Waals surface area contributed by atoms with Crippen LogP contribution in [0.5, 0.6) is 0 Å². The molecule has 5 heteroatoms. The second-order valence-electron chi connectivity index (χ2n) is 6.61. The minimum absolute atomic E-state index is 0.0988. The van der Waals surface area contributed by atoms with Crippen LogP contribution >= 0.6 is 0 Å². The van der Waals surface area contributed by atoms with Crippen LogP contribution in [0.4, 0.5) is 0 Å². The predicted octanol–water partition coefficient (Wildman–Crippen LogP) is 2.01. The van der Waals surface area contributed by atoms with Crippen LogP contribution in [0.3, 0.4) is 0 Å². The molecule has 3 rings (SSSR count). The molecule has 0 aromatic heterocycles. The van der Waals surface area contributed by atoms with Crippen LogP contribution in [0.1, 0.15) is 42.1 Å². The number of likely N-dealkylation sites (tertiary alicyclic amines) is 2. The molecule has 2 atom stereocenters. The van der Waals surface area contributed by atoms with Gasteiger partial charge in [-0.15, -0.1) is 0 Å². The maximum atomic E-state index is 12.6. The fourth-order valence-corrected chi connectivity index (χ4v) is 3.93. The quantitative estimate of drug-likeness (QED) is 0.923. The third-order valence-electron chi connectivity index (χ3n) is 5.17. The second kappa shape index (κ2) is 6.71. The monoisotopic (exact) mass is 316 g/mol. The van der Waals surface area contributed by atoms with E-state index in [1.54, 1.807) is 18.2 Å². The lowest BCUT2D eigenvalue weighted by atomic mass is 10.1. The summed E-state index contributed by atoms with van der Waals surface area (Å²) in [5, 5.41) is 9.05. The summed E-state index contributed by atoms with van der Waals surface area (Å²) in [7, 11) is 0. The van der Waals surface area contributed by atoms with Gasteiger partial charge in [0.25, 0.3) is 0 Å². The van der Waals surface area contributed by atoms with Crippen LogP contribution in [0, 0.1) is 0 Å². The highest BCUT2D eigenvalue weighted by Gasteiger charge is 2.37. The highest BCUT2D eigenvalue weighted by atomic mass is 16.4. The Hall–Kier alpha value is -1.88. The molecule has 2 aliphatic rings. The molecule has 2 unspecified atom stereocenters. The summed E-state index contributed by atoms with van der Waals surface area (Å²) in [5.41, 5.74) is 1.01. The number of carbonyl (C=O) groups is 2. The fraction of sp³-hybridized carbons (Fsp3) is 0.556. The average Bonchev–Trinajstić information content (AvgIpc) is 3.16. The SMILES string of the molecule is CC1C(N2CCCC2)CCN1C(=O)Cc1cccc(C(=O)O)c1. The van der Waals surface area contributed by atoms with Crippen molar-refractivity contribution in [2.24, 2.45) is 0 Å². The van der Waals surface area contributed by atoms with Gasteiger partial charge in [0.2, 0.25) is 5.91 Å². The van der Waals surface area contributed by atoms with Gasteiger partial charge in [0, 0.05) is 18.6 Å². The third kappa shape index (κ3) is 3.39. The maximum Gasteiger partial charge on any atom is 0.335 e. The fourth-order valence-electron chi connectivity index (χ4n) is 3.93. The molecular weight excluding hydrogens is 292 g/mol. The molecule has 0 saturated carbocycles. The van der Waals surface area contributed by atoms with Crippen molar-refractivity contribution in [2.75, 3.05) is 19.6 Å². The van der Waals surface area contributed by atoms with Crippen molar-refractivity contribution in [3.63, 3.8) is 0 Å². The number of rotatable bonds is 4. The van der Waals surface area contributed by atoms with Crippen molar-refractivity contribution in [1.29, 1.82) is 0 Å². The van der Waals surface area contributed by atoms with Crippen molar-refractivity contribution in [3.05, 3.63) is 35.4 Å². The molecule has 124 valence electrons. The molecule has 2 saturated heterocycles. The van der Waals surface area contributed by atoms with Crippen molar-refractivity contribution in [1.82, 2.24) is 9.80 Å². The van der Waals surface area contributed by atoms with E-state index in [1.165, 1.54) is 12.8 Å². The van der Waals surface area contributed by atoms with Crippen molar-refractivity contribution in [2.45, 2.75) is 44.7 Å². The predicted molar refractivity (Wildman–Crippen MR) is 87.5 cm³/mol. The lowest BCUT2D eigenvalue weighted by Crippen LogP contribution is -2.44. The molecule has 5 nitrogen and oxygen atoms in total. The van der Waals surface area contributed by atoms with Gasteiger partial charge in [-0.1, -0.05) is 12.1 Å². The summed E-state index contributed by atoms with van der Waals surface area (Å²) in [6, 6.07) is 7.39. The highest BCUT2D eigenvalue weighted by Crippen LogP contribution is 2.26. The Balaban J connectivity index is 1.64. The number of aromatic carboxylic acids is 1. The van der Waals surface area contributed by atoms with Gasteiger partial charge in [-0.3, -0.25) is 9.69 Å². The van der Waals surface area contributed by atoms with E-state index >= 15 is 0 Å². The number of carboxylic acid groups (broad SMARTS) is 1. The first kappa shape index (κ1) is 16.0. The summed E-state index contributed by atoms with van der Waals surface area (Å²) in [6.45, 7) is 5.25. The van der Waals surface area contributed by atoms with Gasteiger partial charge in [0.15, 0.2) is 0 Å². The smallest absolute Gasteiger partial charge is 0.335 e. The number of hydrogen-bond donors (Lipinski definition) is 1.